The number of aromatic nitrogens is 3. The predicted molar refractivity (Wildman–Crippen MR) is 118 cm³/mol. The molecule has 4 heterocycles. The number of carbonyl (C=O) groups is 1. The third kappa shape index (κ3) is 3.69. The Morgan fingerprint density at radius 1 is 1.13 bits per heavy atom. The minimum absolute atomic E-state index is 0.304. The van der Waals surface area contributed by atoms with Crippen molar-refractivity contribution in [1.29, 1.82) is 0 Å². The van der Waals surface area contributed by atoms with Gasteiger partial charge in [-0.1, -0.05) is 18.2 Å². The molecule has 2 aliphatic rings. The Balaban J connectivity index is 1.55. The van der Waals surface area contributed by atoms with Gasteiger partial charge in [0.25, 0.3) is 0 Å². The Hall–Kier alpha value is -2.87. The number of esters is 1. The first-order chi connectivity index (χ1) is 15.0. The van der Waals surface area contributed by atoms with Crippen LogP contribution in [0.4, 0.5) is 5.82 Å². The summed E-state index contributed by atoms with van der Waals surface area (Å²) in [6, 6.07) is 11.7. The van der Waals surface area contributed by atoms with Crippen molar-refractivity contribution in [2.75, 3.05) is 11.2 Å². The highest BCUT2D eigenvalue weighted by Crippen LogP contribution is 2.42. The van der Waals surface area contributed by atoms with E-state index < -0.39 is 16.9 Å². The summed E-state index contributed by atoms with van der Waals surface area (Å²) in [7, 11) is -1.28. The van der Waals surface area contributed by atoms with E-state index in [9.17, 15) is 9.00 Å². The summed E-state index contributed by atoms with van der Waals surface area (Å²) >= 11 is 0. The van der Waals surface area contributed by atoms with Crippen molar-refractivity contribution >= 4 is 33.5 Å². The van der Waals surface area contributed by atoms with Gasteiger partial charge in [0.1, 0.15) is 11.6 Å². The molecule has 0 aliphatic carbocycles. The van der Waals surface area contributed by atoms with Crippen LogP contribution in [0.25, 0.3) is 10.9 Å². The number of benzene rings is 1. The average Bonchev–Trinajstić information content (AvgIpc) is 3.39. The maximum atomic E-state index is 12.5. The van der Waals surface area contributed by atoms with E-state index in [1.54, 1.807) is 24.6 Å². The van der Waals surface area contributed by atoms with E-state index in [1.807, 2.05) is 31.2 Å². The molecule has 0 spiro atoms. The normalized spacial score (nSPS) is 21.9. The number of rotatable bonds is 5. The molecule has 7 nitrogen and oxygen atoms in total. The van der Waals surface area contributed by atoms with Crippen LogP contribution in [-0.2, 0) is 15.5 Å². The van der Waals surface area contributed by atoms with Crippen LogP contribution >= 0.6 is 0 Å². The van der Waals surface area contributed by atoms with Gasteiger partial charge < -0.3 is 9.64 Å². The predicted octanol–water partition coefficient (Wildman–Crippen LogP) is 3.81. The van der Waals surface area contributed by atoms with Gasteiger partial charge in [-0.15, -0.1) is 0 Å². The van der Waals surface area contributed by atoms with Crippen molar-refractivity contribution in [2.45, 2.75) is 56.0 Å². The van der Waals surface area contributed by atoms with Gasteiger partial charge >= 0.3 is 5.97 Å². The second kappa shape index (κ2) is 8.00. The minimum atomic E-state index is -1.28. The molecule has 2 fully saturated rings. The largest absolute Gasteiger partial charge is 0.453 e. The molecule has 0 N–H and O–H groups in total. The Morgan fingerprint density at radius 3 is 2.45 bits per heavy atom. The lowest BCUT2D eigenvalue weighted by atomic mass is 10.0. The number of ether oxygens (including phenoxy) is 1. The molecule has 2 bridgehead atoms. The highest BCUT2D eigenvalue weighted by molar-refractivity contribution is 7.84. The van der Waals surface area contributed by atoms with Gasteiger partial charge in [0, 0.05) is 29.9 Å². The fourth-order valence-corrected chi connectivity index (χ4v) is 5.10. The molecule has 31 heavy (non-hydrogen) atoms. The van der Waals surface area contributed by atoms with Crippen molar-refractivity contribution in [3.63, 3.8) is 0 Å². The molecule has 8 heteroatoms. The molecule has 2 aliphatic heterocycles. The summed E-state index contributed by atoms with van der Waals surface area (Å²) < 4.78 is 17.7. The van der Waals surface area contributed by atoms with Crippen LogP contribution in [0.2, 0.25) is 0 Å². The van der Waals surface area contributed by atoms with Gasteiger partial charge in [0.15, 0.2) is 5.82 Å². The molecule has 160 valence electrons. The van der Waals surface area contributed by atoms with E-state index in [4.69, 9.17) is 9.72 Å². The quantitative estimate of drug-likeness (QED) is 0.444. The lowest BCUT2D eigenvalue weighted by Crippen LogP contribution is -2.30. The molecule has 2 aromatic heterocycles. The zero-order chi connectivity index (χ0) is 21.5. The van der Waals surface area contributed by atoms with E-state index in [0.717, 1.165) is 36.9 Å². The van der Waals surface area contributed by atoms with Crippen LogP contribution in [0.1, 0.15) is 54.8 Å². The highest BCUT2D eigenvalue weighted by atomic mass is 32.2. The van der Waals surface area contributed by atoms with Crippen molar-refractivity contribution in [1.82, 2.24) is 15.0 Å². The Morgan fingerprint density at radius 2 is 1.81 bits per heavy atom. The molecule has 0 amide bonds. The first-order valence-electron chi connectivity index (χ1n) is 10.6. The van der Waals surface area contributed by atoms with Gasteiger partial charge in [0.05, 0.1) is 22.1 Å². The molecule has 1 unspecified atom stereocenters. The smallest absolute Gasteiger partial charge is 0.338 e. The third-order valence-electron chi connectivity index (χ3n) is 6.21. The maximum Gasteiger partial charge on any atom is 0.338 e. The number of hydrogen-bond donors (Lipinski definition) is 0. The topological polar surface area (TPSA) is 85.3 Å². The monoisotopic (exact) mass is 436 g/mol. The molecule has 1 aromatic carbocycles. The van der Waals surface area contributed by atoms with E-state index in [0.29, 0.717) is 34.0 Å². The second-order valence-corrected chi connectivity index (χ2v) is 9.47. The number of nitrogens with zero attached hydrogens (tertiary/aromatic N) is 4. The number of pyridine rings is 1. The Kier molecular flexibility index (Phi) is 5.17. The van der Waals surface area contributed by atoms with Crippen molar-refractivity contribution < 1.29 is 13.7 Å². The van der Waals surface area contributed by atoms with Crippen LogP contribution in [-0.4, -0.2) is 43.5 Å². The zero-order valence-electron chi connectivity index (χ0n) is 17.5. The third-order valence-corrected chi connectivity index (χ3v) is 6.92. The van der Waals surface area contributed by atoms with Gasteiger partial charge in [-0.3, -0.25) is 4.21 Å². The highest BCUT2D eigenvalue weighted by Gasteiger charge is 2.41. The molecule has 2 saturated heterocycles. The van der Waals surface area contributed by atoms with Crippen LogP contribution in [0.15, 0.2) is 47.8 Å². The van der Waals surface area contributed by atoms with Gasteiger partial charge in [-0.25, -0.2) is 19.7 Å². The standard InChI is InChI=1S/C23H24N4O3S/c1-14(30-22(28)15-6-4-3-5-7-15)19-12-16-13-24-23(31(2)29)26-20(16)21(25-19)27-17-8-9-18(27)11-10-17/h3-7,12-14,17-18H,8-11H2,1-2H3/t14-,17?,18?,31?/m1/s1. The summed E-state index contributed by atoms with van der Waals surface area (Å²) in [5.41, 5.74) is 1.88. The van der Waals surface area contributed by atoms with Crippen LogP contribution in [0.5, 0.6) is 0 Å². The molecule has 0 radical (unpaired) electrons. The Labute approximate surface area is 183 Å². The first kappa shape index (κ1) is 20.1. The first-order valence-corrected chi connectivity index (χ1v) is 12.1. The summed E-state index contributed by atoms with van der Waals surface area (Å²) in [5.74, 6) is 0.403. The lowest BCUT2D eigenvalue weighted by Gasteiger charge is -2.25. The van der Waals surface area contributed by atoms with E-state index >= 15 is 0 Å². The number of carbonyl (C=O) groups excluding carboxylic acids is 1. The SMILES string of the molecule is C[C@@H](OC(=O)c1ccccc1)c1cc2cnc(S(C)=O)nc2c(N2C3CCC2CC3)n1. The van der Waals surface area contributed by atoms with E-state index in [-0.39, 0.29) is 5.97 Å². The average molecular weight is 437 g/mol. The minimum Gasteiger partial charge on any atom is -0.453 e. The van der Waals surface area contributed by atoms with Crippen LogP contribution in [0.3, 0.4) is 0 Å². The second-order valence-electron chi connectivity index (χ2n) is 8.20. The van der Waals surface area contributed by atoms with Crippen LogP contribution in [0, 0.1) is 0 Å². The number of hydrogen-bond acceptors (Lipinski definition) is 7. The van der Waals surface area contributed by atoms with Gasteiger partial charge in [-0.2, -0.15) is 0 Å². The summed E-state index contributed by atoms with van der Waals surface area (Å²) in [4.78, 5) is 28.7. The van der Waals surface area contributed by atoms with E-state index in [2.05, 4.69) is 14.9 Å². The molecule has 5 rings (SSSR count). The Bertz CT molecular complexity index is 1150. The van der Waals surface area contributed by atoms with Crippen LogP contribution < -0.4 is 4.90 Å². The van der Waals surface area contributed by atoms with Crippen molar-refractivity contribution in [3.8, 4) is 0 Å². The van der Waals surface area contributed by atoms with Gasteiger partial charge in [0.2, 0.25) is 5.16 Å². The summed E-state index contributed by atoms with van der Waals surface area (Å²) in [6.45, 7) is 1.83. The number of fused-ring (bicyclic) bond motifs is 3. The fraction of sp³-hybridized carbons (Fsp3) is 0.391. The summed E-state index contributed by atoms with van der Waals surface area (Å²) in [5, 5.41) is 1.11. The fourth-order valence-electron chi connectivity index (χ4n) is 4.68. The molecule has 0 saturated carbocycles. The van der Waals surface area contributed by atoms with E-state index in [1.165, 1.54) is 0 Å². The lowest BCUT2D eigenvalue weighted by molar-refractivity contribution is 0.0329. The number of anilines is 1. The molecular weight excluding hydrogens is 412 g/mol. The van der Waals surface area contributed by atoms with Crippen molar-refractivity contribution in [3.05, 3.63) is 53.9 Å². The molecular formula is C23H24N4O3S. The zero-order valence-corrected chi connectivity index (χ0v) is 18.3. The van der Waals surface area contributed by atoms with Gasteiger partial charge in [-0.05, 0) is 50.8 Å². The molecule has 2 atom stereocenters. The maximum absolute atomic E-state index is 12.5. The molecule has 3 aromatic rings. The van der Waals surface area contributed by atoms with Crippen molar-refractivity contribution in [2.24, 2.45) is 0 Å². The summed E-state index contributed by atoms with van der Waals surface area (Å²) in [6.07, 6.45) is 7.33.